The number of esters is 1. The van der Waals surface area contributed by atoms with E-state index in [0.29, 0.717) is 34.3 Å². The molecule has 0 spiro atoms. The number of aliphatic hydroxyl groups is 1. The van der Waals surface area contributed by atoms with Gasteiger partial charge in [0.05, 0.1) is 29.0 Å². The van der Waals surface area contributed by atoms with Gasteiger partial charge < -0.3 is 14.4 Å². The Bertz CT molecular complexity index is 1330. The maximum atomic E-state index is 13.6. The number of rotatable bonds is 3. The smallest absolute Gasteiger partial charge is 0.343 e. The van der Waals surface area contributed by atoms with E-state index in [1.54, 1.807) is 25.1 Å². The van der Waals surface area contributed by atoms with Crippen molar-refractivity contribution in [2.75, 3.05) is 0 Å². The first-order chi connectivity index (χ1) is 14.8. The Kier molecular flexibility index (Phi) is 4.27. The van der Waals surface area contributed by atoms with E-state index < -0.39 is 18.0 Å². The number of aryl methyl sites for hydroxylation is 1. The zero-order valence-corrected chi connectivity index (χ0v) is 17.0. The summed E-state index contributed by atoms with van der Waals surface area (Å²) in [7, 11) is 0. The molecule has 0 saturated carbocycles. The van der Waals surface area contributed by atoms with Gasteiger partial charge in [0.1, 0.15) is 6.61 Å². The van der Waals surface area contributed by atoms with Crippen LogP contribution in [0.2, 0.25) is 0 Å². The second kappa shape index (κ2) is 6.68. The highest BCUT2D eigenvalue weighted by Crippen LogP contribution is 2.40. The zero-order valence-electron chi connectivity index (χ0n) is 17.0. The monoisotopic (exact) mass is 426 g/mol. The number of carbonyl (C=O) groups excluding carboxylic acids is 1. The summed E-state index contributed by atoms with van der Waals surface area (Å²) in [6.45, 7) is 3.53. The molecule has 0 unspecified atom stereocenters. The maximum Gasteiger partial charge on any atom is 0.343 e. The summed E-state index contributed by atoms with van der Waals surface area (Å²) in [4.78, 5) is 30.2. The van der Waals surface area contributed by atoms with E-state index in [0.717, 1.165) is 5.56 Å². The van der Waals surface area contributed by atoms with Crippen LogP contribution in [0.5, 0.6) is 0 Å². The molecule has 0 radical (unpaired) electrons. The lowest BCUT2D eigenvalue weighted by Crippen LogP contribution is -2.44. The summed E-state index contributed by atoms with van der Waals surface area (Å²) in [5, 5.41) is 11.3. The van der Waals surface area contributed by atoms with Gasteiger partial charge in [0.25, 0.3) is 12.0 Å². The van der Waals surface area contributed by atoms with Crippen LogP contribution < -0.4 is 5.56 Å². The Morgan fingerprint density at radius 3 is 2.71 bits per heavy atom. The van der Waals surface area contributed by atoms with E-state index >= 15 is 0 Å². The summed E-state index contributed by atoms with van der Waals surface area (Å²) in [6.07, 6.45) is -1.98. The lowest BCUT2D eigenvalue weighted by molar-refractivity contribution is -0.172. The number of alkyl halides is 2. The lowest BCUT2D eigenvalue weighted by atomic mass is 9.86. The van der Waals surface area contributed by atoms with Crippen molar-refractivity contribution in [3.63, 3.8) is 0 Å². The number of pyridine rings is 2. The molecular weight excluding hydrogens is 406 g/mol. The summed E-state index contributed by atoms with van der Waals surface area (Å²) < 4.78 is 33.8. The predicted molar refractivity (Wildman–Crippen MR) is 109 cm³/mol. The predicted octanol–water partition coefficient (Wildman–Crippen LogP) is 3.58. The molecular formula is C23H20F2N2O4. The van der Waals surface area contributed by atoms with E-state index in [-0.39, 0.29) is 41.8 Å². The Hall–Kier alpha value is -3.13. The van der Waals surface area contributed by atoms with Gasteiger partial charge >= 0.3 is 5.97 Å². The molecule has 0 amide bonds. The Morgan fingerprint density at radius 2 is 2.03 bits per heavy atom. The van der Waals surface area contributed by atoms with E-state index in [2.05, 4.69) is 0 Å². The van der Waals surface area contributed by atoms with Gasteiger partial charge in [0.2, 0.25) is 0 Å². The molecule has 0 saturated heterocycles. The number of hydrogen-bond donors (Lipinski definition) is 1. The molecule has 8 heteroatoms. The molecule has 1 atom stereocenters. The topological polar surface area (TPSA) is 81.4 Å². The highest BCUT2D eigenvalue weighted by Gasteiger charge is 2.45. The molecule has 0 fully saturated rings. The van der Waals surface area contributed by atoms with Crippen LogP contribution in [0.25, 0.3) is 22.3 Å². The maximum absolute atomic E-state index is 13.6. The van der Waals surface area contributed by atoms with Crippen LogP contribution in [0, 0.1) is 0 Å². The van der Waals surface area contributed by atoms with Crippen molar-refractivity contribution in [2.45, 2.75) is 51.9 Å². The fraction of sp³-hybridized carbons (Fsp3) is 0.348. The summed E-state index contributed by atoms with van der Waals surface area (Å²) in [5.41, 5.74) is 1.01. The van der Waals surface area contributed by atoms with Crippen LogP contribution >= 0.6 is 0 Å². The van der Waals surface area contributed by atoms with Crippen molar-refractivity contribution in [3.8, 4) is 11.4 Å². The molecule has 1 aromatic carbocycles. The third-order valence-corrected chi connectivity index (χ3v) is 6.41. The third kappa shape index (κ3) is 2.61. The van der Waals surface area contributed by atoms with Gasteiger partial charge in [-0.2, -0.15) is 0 Å². The number of nitrogens with zero attached hydrogens (tertiary/aromatic N) is 2. The minimum absolute atomic E-state index is 0.0530. The normalized spacial score (nSPS) is 19.4. The third-order valence-electron chi connectivity index (χ3n) is 6.41. The standard InChI is InChI=1S/C23H20F2N2O4/c1-3-11-5-6-13(20(24)25)14-7-12-9-27-17(19(12)26-18(11)14)8-16-15(21(27)28)10-31-22(29)23(16,30)4-2/h5-8,20,30H,3-4,9-10H2,1-2H3/t23-/m0/s1. The molecule has 31 heavy (non-hydrogen) atoms. The second-order valence-corrected chi connectivity index (χ2v) is 7.96. The number of carbonyl (C=O) groups is 1. The van der Waals surface area contributed by atoms with Gasteiger partial charge in [0.15, 0.2) is 5.60 Å². The quantitative estimate of drug-likeness (QED) is 0.507. The molecule has 3 aromatic rings. The second-order valence-electron chi connectivity index (χ2n) is 7.96. The highest BCUT2D eigenvalue weighted by molar-refractivity contribution is 5.90. The van der Waals surface area contributed by atoms with Gasteiger partial charge in [-0.1, -0.05) is 26.0 Å². The first kappa shape index (κ1) is 19.8. The number of halogens is 2. The van der Waals surface area contributed by atoms with Crippen LogP contribution in [-0.4, -0.2) is 20.6 Å². The van der Waals surface area contributed by atoms with Crippen molar-refractivity contribution in [3.05, 3.63) is 62.4 Å². The number of fused-ring (bicyclic) bond motifs is 5. The Morgan fingerprint density at radius 1 is 1.26 bits per heavy atom. The number of hydrogen-bond acceptors (Lipinski definition) is 5. The minimum Gasteiger partial charge on any atom is -0.458 e. The van der Waals surface area contributed by atoms with Crippen LogP contribution in [0.1, 0.15) is 54.5 Å². The summed E-state index contributed by atoms with van der Waals surface area (Å²) in [6, 6.07) is 6.38. The van der Waals surface area contributed by atoms with E-state index in [1.165, 1.54) is 10.6 Å². The van der Waals surface area contributed by atoms with E-state index in [4.69, 9.17) is 9.72 Å². The van der Waals surface area contributed by atoms with Crippen molar-refractivity contribution >= 4 is 16.9 Å². The molecule has 2 aliphatic rings. The number of cyclic esters (lactones) is 1. The summed E-state index contributed by atoms with van der Waals surface area (Å²) in [5.74, 6) is -0.786. The van der Waals surface area contributed by atoms with E-state index in [9.17, 15) is 23.5 Å². The van der Waals surface area contributed by atoms with Gasteiger partial charge in [-0.15, -0.1) is 0 Å². The summed E-state index contributed by atoms with van der Waals surface area (Å²) >= 11 is 0. The van der Waals surface area contributed by atoms with Crippen molar-refractivity contribution in [1.29, 1.82) is 0 Å². The van der Waals surface area contributed by atoms with Crippen LogP contribution in [0.4, 0.5) is 8.78 Å². The van der Waals surface area contributed by atoms with Gasteiger partial charge in [-0.3, -0.25) is 4.79 Å². The minimum atomic E-state index is -2.64. The van der Waals surface area contributed by atoms with Crippen molar-refractivity contribution in [1.82, 2.24) is 9.55 Å². The van der Waals surface area contributed by atoms with Crippen LogP contribution in [0.15, 0.2) is 29.1 Å². The van der Waals surface area contributed by atoms with Gasteiger partial charge in [0, 0.05) is 22.1 Å². The fourth-order valence-electron chi connectivity index (χ4n) is 4.62. The number of benzene rings is 1. The molecule has 5 rings (SSSR count). The Balaban J connectivity index is 1.81. The number of aromatic nitrogens is 2. The zero-order chi connectivity index (χ0) is 22.1. The first-order valence-electron chi connectivity index (χ1n) is 10.2. The largest absolute Gasteiger partial charge is 0.458 e. The first-order valence-corrected chi connectivity index (χ1v) is 10.2. The average Bonchev–Trinajstić information content (AvgIpc) is 3.12. The number of ether oxygens (including phenoxy) is 1. The van der Waals surface area contributed by atoms with Crippen LogP contribution in [0.3, 0.4) is 0 Å². The molecule has 160 valence electrons. The van der Waals surface area contributed by atoms with Gasteiger partial charge in [-0.05, 0) is 30.5 Å². The molecule has 0 aliphatic carbocycles. The Labute approximate surface area is 176 Å². The van der Waals surface area contributed by atoms with Crippen LogP contribution in [-0.2, 0) is 34.7 Å². The molecule has 2 aliphatic heterocycles. The van der Waals surface area contributed by atoms with Crippen molar-refractivity contribution in [2.24, 2.45) is 0 Å². The molecule has 2 aromatic heterocycles. The molecule has 1 N–H and O–H groups in total. The SMILES string of the molecule is CCc1ccc(C(F)F)c2cc3c(nc12)-c1cc2c(c(=O)n1C3)COC(=O)[C@]2(O)CC. The highest BCUT2D eigenvalue weighted by atomic mass is 19.3. The fourth-order valence-corrected chi connectivity index (χ4v) is 4.62. The van der Waals surface area contributed by atoms with Crippen molar-refractivity contribution < 1.29 is 23.4 Å². The molecule has 0 bridgehead atoms. The molecule has 4 heterocycles. The molecule has 6 nitrogen and oxygen atoms in total. The lowest BCUT2D eigenvalue weighted by Gasteiger charge is -2.31. The average molecular weight is 426 g/mol. The van der Waals surface area contributed by atoms with E-state index in [1.807, 2.05) is 6.92 Å². The van der Waals surface area contributed by atoms with Gasteiger partial charge in [-0.25, -0.2) is 18.6 Å².